The predicted octanol–water partition coefficient (Wildman–Crippen LogP) is 1.38. The molecule has 0 saturated carbocycles. The fourth-order valence-electron chi connectivity index (χ4n) is 1.23. The minimum Gasteiger partial charge on any atom is -0.607 e. The summed E-state index contributed by atoms with van der Waals surface area (Å²) in [4.78, 5) is 0.371. The molecule has 6 heteroatoms. The number of rotatable bonds is 1. The molecule has 0 spiro atoms. The molecule has 1 aromatic rings. The van der Waals surface area contributed by atoms with Crippen LogP contribution in [0.1, 0.15) is 5.56 Å². The Hall–Kier alpha value is -1.08. The summed E-state index contributed by atoms with van der Waals surface area (Å²) in [6.45, 7) is 0. The lowest BCUT2D eigenvalue weighted by atomic mass is 10.2. The second-order valence-electron chi connectivity index (χ2n) is 3.08. The summed E-state index contributed by atoms with van der Waals surface area (Å²) in [6.07, 6.45) is 0. The molecule has 1 heterocycles. The normalized spacial score (nSPS) is 24.2. The smallest absolute Gasteiger partial charge is 0.213 e. The van der Waals surface area contributed by atoms with Crippen molar-refractivity contribution in [3.63, 3.8) is 0 Å². The summed E-state index contributed by atoms with van der Waals surface area (Å²) in [5.41, 5.74) is 0.478. The lowest BCUT2D eigenvalue weighted by molar-refractivity contribution is 0.403. The third kappa shape index (κ3) is 2.19. The van der Waals surface area contributed by atoms with Crippen molar-refractivity contribution in [1.82, 2.24) is 0 Å². The van der Waals surface area contributed by atoms with Crippen molar-refractivity contribution in [3.8, 4) is 11.5 Å². The Bertz CT molecular complexity index is 470. The highest BCUT2D eigenvalue weighted by Crippen LogP contribution is 2.33. The Balaban J connectivity index is 2.40. The van der Waals surface area contributed by atoms with Gasteiger partial charge < -0.3 is 19.3 Å². The maximum Gasteiger partial charge on any atom is 0.213 e. The summed E-state index contributed by atoms with van der Waals surface area (Å²) in [5, 5.41) is 22.5. The molecular formula is C10H8O4S2. The molecule has 2 atom stereocenters. The first-order chi connectivity index (χ1) is 7.58. The van der Waals surface area contributed by atoms with Crippen LogP contribution in [0.25, 0.3) is 4.91 Å². The predicted molar refractivity (Wildman–Crippen MR) is 63.2 cm³/mol. The van der Waals surface area contributed by atoms with Gasteiger partial charge in [-0.3, -0.25) is 0 Å². The fourth-order valence-corrected chi connectivity index (χ4v) is 3.67. The monoisotopic (exact) mass is 256 g/mol. The molecule has 1 aliphatic rings. The van der Waals surface area contributed by atoms with Gasteiger partial charge in [-0.25, -0.2) is 0 Å². The SMILES string of the molecule is [O-][S+]1C=C[S+]([O-])C(c2ccc(O)c(O)c2)=C1. The Morgan fingerprint density at radius 1 is 1.00 bits per heavy atom. The molecule has 2 N–H and O–H groups in total. The van der Waals surface area contributed by atoms with Gasteiger partial charge in [0.1, 0.15) is 0 Å². The number of hydrogen-bond donors (Lipinski definition) is 2. The quantitative estimate of drug-likeness (QED) is 0.587. The minimum absolute atomic E-state index is 0.248. The van der Waals surface area contributed by atoms with Crippen molar-refractivity contribution >= 4 is 27.3 Å². The molecule has 4 nitrogen and oxygen atoms in total. The Morgan fingerprint density at radius 3 is 2.44 bits per heavy atom. The molecular weight excluding hydrogens is 248 g/mol. The van der Waals surface area contributed by atoms with Gasteiger partial charge in [-0.15, -0.1) is 0 Å². The van der Waals surface area contributed by atoms with Crippen LogP contribution in [0.4, 0.5) is 0 Å². The molecule has 2 unspecified atom stereocenters. The first-order valence-electron chi connectivity index (χ1n) is 4.30. The van der Waals surface area contributed by atoms with Crippen LogP contribution < -0.4 is 0 Å². The van der Waals surface area contributed by atoms with Gasteiger partial charge in [0.25, 0.3) is 0 Å². The number of phenolic OH excluding ortho intramolecular Hbond substituents is 2. The first kappa shape index (κ1) is 11.4. The summed E-state index contributed by atoms with van der Waals surface area (Å²) in [6, 6.07) is 4.09. The van der Waals surface area contributed by atoms with E-state index >= 15 is 0 Å². The Kier molecular flexibility index (Phi) is 3.15. The van der Waals surface area contributed by atoms with E-state index in [0.717, 1.165) is 0 Å². The Labute approximate surface area is 98.3 Å². The number of hydrogen-bond acceptors (Lipinski definition) is 4. The molecule has 16 heavy (non-hydrogen) atoms. The van der Waals surface area contributed by atoms with Crippen LogP contribution in [0.15, 0.2) is 34.4 Å². The van der Waals surface area contributed by atoms with Crippen molar-refractivity contribution in [2.45, 2.75) is 0 Å². The zero-order chi connectivity index (χ0) is 11.7. The molecule has 0 fully saturated rings. The number of aromatic hydroxyl groups is 2. The van der Waals surface area contributed by atoms with Gasteiger partial charge >= 0.3 is 0 Å². The van der Waals surface area contributed by atoms with Crippen LogP contribution >= 0.6 is 0 Å². The van der Waals surface area contributed by atoms with E-state index in [4.69, 9.17) is 5.11 Å². The highest BCUT2D eigenvalue weighted by atomic mass is 32.2. The molecule has 0 amide bonds. The lowest BCUT2D eigenvalue weighted by Gasteiger charge is -2.13. The van der Waals surface area contributed by atoms with E-state index in [1.165, 1.54) is 34.4 Å². The van der Waals surface area contributed by atoms with Crippen LogP contribution in [0.3, 0.4) is 0 Å². The summed E-state index contributed by atoms with van der Waals surface area (Å²) in [7, 11) is 0. The van der Waals surface area contributed by atoms with Crippen LogP contribution in [-0.4, -0.2) is 19.3 Å². The second kappa shape index (κ2) is 4.42. The Morgan fingerprint density at radius 2 is 1.75 bits per heavy atom. The van der Waals surface area contributed by atoms with Gasteiger partial charge in [-0.05, 0) is 18.2 Å². The van der Waals surface area contributed by atoms with Gasteiger partial charge in [0.15, 0.2) is 27.7 Å². The van der Waals surface area contributed by atoms with E-state index in [0.29, 0.717) is 10.5 Å². The van der Waals surface area contributed by atoms with Gasteiger partial charge in [-0.2, -0.15) is 0 Å². The second-order valence-corrected chi connectivity index (χ2v) is 5.56. The number of phenols is 2. The third-order valence-electron chi connectivity index (χ3n) is 2.01. The average molecular weight is 256 g/mol. The molecule has 0 aromatic heterocycles. The van der Waals surface area contributed by atoms with E-state index in [2.05, 4.69) is 0 Å². The standard InChI is InChI=1S/C10H8O4S2/c11-8-2-1-7(5-9(8)12)10-6-15(13)3-4-16(10)14/h1-6,11-12H. The van der Waals surface area contributed by atoms with Crippen molar-refractivity contribution in [2.75, 3.05) is 0 Å². The van der Waals surface area contributed by atoms with Gasteiger partial charge in [0.05, 0.1) is 0 Å². The highest BCUT2D eigenvalue weighted by Gasteiger charge is 2.24. The van der Waals surface area contributed by atoms with Crippen molar-refractivity contribution < 1.29 is 19.3 Å². The maximum absolute atomic E-state index is 11.6. The van der Waals surface area contributed by atoms with Crippen LogP contribution in [0.2, 0.25) is 0 Å². The molecule has 84 valence electrons. The van der Waals surface area contributed by atoms with Gasteiger partial charge in [-0.1, -0.05) is 0 Å². The van der Waals surface area contributed by atoms with Crippen LogP contribution in [0, 0.1) is 0 Å². The molecule has 0 radical (unpaired) electrons. The van der Waals surface area contributed by atoms with E-state index in [-0.39, 0.29) is 11.5 Å². The zero-order valence-corrected chi connectivity index (χ0v) is 9.62. The van der Waals surface area contributed by atoms with E-state index in [1.807, 2.05) is 0 Å². The van der Waals surface area contributed by atoms with E-state index < -0.39 is 22.4 Å². The molecule has 0 bridgehead atoms. The molecule has 2 rings (SSSR count). The fraction of sp³-hybridized carbons (Fsp3) is 0. The van der Waals surface area contributed by atoms with Crippen LogP contribution in [-0.2, 0) is 22.4 Å². The molecule has 0 aliphatic carbocycles. The van der Waals surface area contributed by atoms with Gasteiger partial charge in [0.2, 0.25) is 4.91 Å². The molecule has 1 aromatic carbocycles. The minimum atomic E-state index is -1.37. The lowest BCUT2D eigenvalue weighted by Crippen LogP contribution is -2.07. The van der Waals surface area contributed by atoms with Crippen molar-refractivity contribution in [2.24, 2.45) is 0 Å². The summed E-state index contributed by atoms with van der Waals surface area (Å²) < 4.78 is 22.9. The van der Waals surface area contributed by atoms with Crippen molar-refractivity contribution in [1.29, 1.82) is 0 Å². The average Bonchev–Trinajstić information content (AvgIpc) is 2.26. The molecule has 1 aliphatic heterocycles. The molecule has 0 saturated heterocycles. The zero-order valence-electron chi connectivity index (χ0n) is 7.99. The van der Waals surface area contributed by atoms with Gasteiger partial charge in [0, 0.05) is 27.9 Å². The van der Waals surface area contributed by atoms with E-state index in [9.17, 15) is 14.2 Å². The maximum atomic E-state index is 11.6. The summed E-state index contributed by atoms with van der Waals surface area (Å²) in [5.74, 6) is -0.543. The van der Waals surface area contributed by atoms with E-state index in [1.54, 1.807) is 0 Å². The third-order valence-corrected chi connectivity index (χ3v) is 4.38. The van der Waals surface area contributed by atoms with Crippen molar-refractivity contribution in [3.05, 3.63) is 40.0 Å². The largest absolute Gasteiger partial charge is 0.607 e. The summed E-state index contributed by atoms with van der Waals surface area (Å²) >= 11 is -2.65. The number of benzene rings is 1. The van der Waals surface area contributed by atoms with Crippen LogP contribution in [0.5, 0.6) is 11.5 Å². The first-order valence-corrected chi connectivity index (χ1v) is 6.79. The topological polar surface area (TPSA) is 86.6 Å². The highest BCUT2D eigenvalue weighted by molar-refractivity contribution is 8.08.